The second kappa shape index (κ2) is 17.6. The van der Waals surface area contributed by atoms with Gasteiger partial charge in [0.25, 0.3) is 11.6 Å². The molecule has 3 rings (SSSR count). The van der Waals surface area contributed by atoms with Gasteiger partial charge in [0.2, 0.25) is 0 Å². The van der Waals surface area contributed by atoms with Crippen LogP contribution in [0.3, 0.4) is 0 Å². The Morgan fingerprint density at radius 3 is 2.09 bits per heavy atom. The van der Waals surface area contributed by atoms with Crippen molar-refractivity contribution in [1.82, 2.24) is 5.32 Å². The van der Waals surface area contributed by atoms with Crippen LogP contribution in [0.15, 0.2) is 66.7 Å². The highest BCUT2D eigenvalue weighted by atomic mass is 16.6. The van der Waals surface area contributed by atoms with E-state index in [1.807, 2.05) is 12.1 Å². The number of fused-ring (bicyclic) bond motifs is 1. The number of carboxylic acid groups (broad SMARTS) is 2. The van der Waals surface area contributed by atoms with E-state index in [1.165, 1.54) is 28.5 Å². The van der Waals surface area contributed by atoms with Gasteiger partial charge < -0.3 is 25.0 Å². The second-order valence-corrected chi connectivity index (χ2v) is 10.3. The lowest BCUT2D eigenvalue weighted by Crippen LogP contribution is -2.49. The molecular formula is C32H38N2O9. The topological polar surface area (TPSA) is 165 Å². The molecule has 43 heavy (non-hydrogen) atoms. The minimum Gasteiger partial charge on any atom is -0.480 e. The van der Waals surface area contributed by atoms with Gasteiger partial charge in [0, 0.05) is 25.3 Å². The van der Waals surface area contributed by atoms with Gasteiger partial charge >= 0.3 is 11.9 Å². The van der Waals surface area contributed by atoms with Crippen molar-refractivity contribution in [3.63, 3.8) is 0 Å². The van der Waals surface area contributed by atoms with Crippen LogP contribution in [0.25, 0.3) is 10.8 Å². The van der Waals surface area contributed by atoms with E-state index in [0.29, 0.717) is 32.2 Å². The van der Waals surface area contributed by atoms with Crippen molar-refractivity contribution in [3.8, 4) is 0 Å². The first-order valence-corrected chi connectivity index (χ1v) is 14.4. The lowest BCUT2D eigenvalue weighted by Gasteiger charge is -2.23. The molecule has 0 aliphatic heterocycles. The normalized spacial score (nSPS) is 12.5. The molecule has 1 amide bonds. The summed E-state index contributed by atoms with van der Waals surface area (Å²) in [6, 6.07) is 20.9. The van der Waals surface area contributed by atoms with E-state index in [1.54, 1.807) is 12.1 Å². The van der Waals surface area contributed by atoms with Crippen LogP contribution >= 0.6 is 0 Å². The van der Waals surface area contributed by atoms with Crippen molar-refractivity contribution < 1.29 is 39.0 Å². The number of ether oxygens (including phenoxy) is 2. The first-order valence-electron chi connectivity index (χ1n) is 14.4. The van der Waals surface area contributed by atoms with Crippen LogP contribution in [0.2, 0.25) is 0 Å². The average Bonchev–Trinajstić information content (AvgIpc) is 2.99. The predicted octanol–water partition coefficient (Wildman–Crippen LogP) is 4.93. The van der Waals surface area contributed by atoms with E-state index in [4.69, 9.17) is 14.6 Å². The highest BCUT2D eigenvalue weighted by Crippen LogP contribution is 2.18. The fourth-order valence-electron chi connectivity index (χ4n) is 4.69. The number of aryl methyl sites for hydroxylation is 2. The van der Waals surface area contributed by atoms with E-state index in [0.717, 1.165) is 31.2 Å². The van der Waals surface area contributed by atoms with Crippen molar-refractivity contribution in [1.29, 1.82) is 0 Å². The third kappa shape index (κ3) is 11.4. The van der Waals surface area contributed by atoms with Crippen LogP contribution in [0.4, 0.5) is 5.69 Å². The van der Waals surface area contributed by atoms with Gasteiger partial charge in [-0.2, -0.15) is 0 Å². The molecule has 0 fully saturated rings. The molecule has 0 radical (unpaired) electrons. The van der Waals surface area contributed by atoms with Crippen molar-refractivity contribution in [2.24, 2.45) is 0 Å². The number of carbonyl (C=O) groups excluding carboxylic acids is 1. The number of aliphatic carboxylic acids is 2. The molecule has 0 saturated carbocycles. The zero-order valence-electron chi connectivity index (χ0n) is 24.0. The van der Waals surface area contributed by atoms with Crippen LogP contribution in [0.5, 0.6) is 0 Å². The summed E-state index contributed by atoms with van der Waals surface area (Å²) in [6.07, 6.45) is 2.76. The minimum absolute atomic E-state index is 0.0283. The van der Waals surface area contributed by atoms with Crippen LogP contribution in [0, 0.1) is 10.1 Å². The van der Waals surface area contributed by atoms with Crippen LogP contribution in [-0.2, 0) is 36.7 Å². The minimum atomic E-state index is -1.77. The SMILES string of the molecule is O=C(O)COC(C(=O)O)C(OCCCCCc1ccc([N+](=O)[O-])cc1)C(=O)NCCCCCc1ccc2ccccc2c1. The number of hydrogen-bond acceptors (Lipinski definition) is 7. The fourth-order valence-corrected chi connectivity index (χ4v) is 4.69. The number of non-ortho nitro benzene ring substituents is 1. The number of carbonyl (C=O) groups is 3. The molecule has 2 atom stereocenters. The van der Waals surface area contributed by atoms with Gasteiger partial charge in [0.15, 0.2) is 12.2 Å². The lowest BCUT2D eigenvalue weighted by atomic mass is 10.0. The molecule has 0 saturated heterocycles. The van der Waals surface area contributed by atoms with Crippen molar-refractivity contribution in [3.05, 3.63) is 88.0 Å². The highest BCUT2D eigenvalue weighted by molar-refractivity contribution is 5.88. The Labute approximate surface area is 250 Å². The first kappa shape index (κ1) is 33.2. The summed E-state index contributed by atoms with van der Waals surface area (Å²) in [5, 5.41) is 34.4. The van der Waals surface area contributed by atoms with Crippen LogP contribution < -0.4 is 5.32 Å². The third-order valence-electron chi connectivity index (χ3n) is 6.97. The number of rotatable bonds is 20. The van der Waals surface area contributed by atoms with E-state index in [-0.39, 0.29) is 12.3 Å². The second-order valence-electron chi connectivity index (χ2n) is 10.3. The number of nitrogens with zero attached hydrogens (tertiary/aromatic N) is 1. The Bertz CT molecular complexity index is 1360. The molecule has 3 aromatic rings. The summed E-state index contributed by atoms with van der Waals surface area (Å²) in [6.45, 7) is -0.491. The quantitative estimate of drug-likeness (QED) is 0.0934. The van der Waals surface area contributed by atoms with Gasteiger partial charge in [-0.1, -0.05) is 67.4 Å². The number of nitro groups is 1. The van der Waals surface area contributed by atoms with Gasteiger partial charge in [-0.05, 0) is 60.4 Å². The van der Waals surface area contributed by atoms with Gasteiger partial charge in [-0.25, -0.2) is 9.59 Å². The molecule has 0 heterocycles. The summed E-state index contributed by atoms with van der Waals surface area (Å²) in [5.41, 5.74) is 2.22. The molecule has 11 nitrogen and oxygen atoms in total. The summed E-state index contributed by atoms with van der Waals surface area (Å²) in [4.78, 5) is 46.0. The smallest absolute Gasteiger partial charge is 0.336 e. The molecule has 3 aromatic carbocycles. The van der Waals surface area contributed by atoms with E-state index >= 15 is 0 Å². The Morgan fingerprint density at radius 2 is 1.42 bits per heavy atom. The fraction of sp³-hybridized carbons (Fsp3) is 0.406. The van der Waals surface area contributed by atoms with Gasteiger partial charge in [-0.15, -0.1) is 0 Å². The summed E-state index contributed by atoms with van der Waals surface area (Å²) in [7, 11) is 0. The lowest BCUT2D eigenvalue weighted by molar-refractivity contribution is -0.384. The largest absolute Gasteiger partial charge is 0.480 e. The van der Waals surface area contributed by atoms with Crippen LogP contribution in [0.1, 0.15) is 49.7 Å². The number of benzene rings is 3. The summed E-state index contributed by atoms with van der Waals surface area (Å²) in [5.74, 6) is -3.52. The summed E-state index contributed by atoms with van der Waals surface area (Å²) >= 11 is 0. The molecule has 0 aliphatic rings. The van der Waals surface area contributed by atoms with Gasteiger partial charge in [0.1, 0.15) is 6.61 Å². The monoisotopic (exact) mass is 594 g/mol. The average molecular weight is 595 g/mol. The Morgan fingerprint density at radius 1 is 0.767 bits per heavy atom. The number of nitrogens with one attached hydrogen (secondary N) is 1. The maximum absolute atomic E-state index is 12.9. The Balaban J connectivity index is 1.42. The number of nitro benzene ring substituents is 1. The maximum Gasteiger partial charge on any atom is 0.336 e. The van der Waals surface area contributed by atoms with Crippen molar-refractivity contribution >= 4 is 34.3 Å². The van der Waals surface area contributed by atoms with Crippen LogP contribution in [-0.4, -0.2) is 64.9 Å². The van der Waals surface area contributed by atoms with E-state index < -0.39 is 41.6 Å². The molecular weight excluding hydrogens is 556 g/mol. The highest BCUT2D eigenvalue weighted by Gasteiger charge is 2.36. The Hall–Kier alpha value is -4.35. The first-order chi connectivity index (χ1) is 20.7. The summed E-state index contributed by atoms with van der Waals surface area (Å²) < 4.78 is 10.6. The number of unbranched alkanes of at least 4 members (excludes halogenated alkanes) is 4. The third-order valence-corrected chi connectivity index (χ3v) is 6.97. The number of amides is 1. The molecule has 0 spiro atoms. The van der Waals surface area contributed by atoms with E-state index in [9.17, 15) is 29.6 Å². The number of carboxylic acids is 2. The zero-order chi connectivity index (χ0) is 31.0. The molecule has 2 unspecified atom stereocenters. The molecule has 0 aromatic heterocycles. The van der Waals surface area contributed by atoms with Gasteiger partial charge in [-0.3, -0.25) is 14.9 Å². The Kier molecular flexibility index (Phi) is 13.5. The standard InChI is InChI=1S/C32H38N2O9/c35-28(36)22-43-30(32(38)39)29(42-20-8-2-4-9-23-14-17-27(18-15-23)34(40)41)31(37)33-19-7-1-3-10-24-13-16-25-11-5-6-12-26(25)21-24/h5-6,11-18,21,29-30H,1-4,7-10,19-20,22H2,(H,33,37)(H,35,36)(H,38,39). The molecule has 0 aliphatic carbocycles. The predicted molar refractivity (Wildman–Crippen MR) is 160 cm³/mol. The molecule has 230 valence electrons. The van der Waals surface area contributed by atoms with Crippen molar-refractivity contribution in [2.75, 3.05) is 19.8 Å². The maximum atomic E-state index is 12.9. The number of hydrogen-bond donors (Lipinski definition) is 3. The van der Waals surface area contributed by atoms with E-state index in [2.05, 4.69) is 35.6 Å². The molecule has 3 N–H and O–H groups in total. The van der Waals surface area contributed by atoms with Crippen molar-refractivity contribution in [2.45, 2.75) is 63.6 Å². The van der Waals surface area contributed by atoms with Gasteiger partial charge in [0.05, 0.1) is 4.92 Å². The molecule has 11 heteroatoms. The molecule has 0 bridgehead atoms. The zero-order valence-corrected chi connectivity index (χ0v) is 24.0.